The van der Waals surface area contributed by atoms with Crippen LogP contribution >= 0.6 is 0 Å². The molecule has 0 amide bonds. The van der Waals surface area contributed by atoms with Crippen molar-refractivity contribution in [2.75, 3.05) is 0 Å². The van der Waals surface area contributed by atoms with Crippen molar-refractivity contribution in [3.63, 3.8) is 0 Å². The van der Waals surface area contributed by atoms with Gasteiger partial charge >= 0.3 is 11.9 Å². The highest BCUT2D eigenvalue weighted by atomic mass is 16.4. The van der Waals surface area contributed by atoms with E-state index < -0.39 is 11.9 Å². The lowest BCUT2D eigenvalue weighted by atomic mass is 10.0. The first-order valence-electron chi connectivity index (χ1n) is 11.0. The lowest BCUT2D eigenvalue weighted by molar-refractivity contribution is -0.139. The van der Waals surface area contributed by atoms with Crippen LogP contribution in [0.3, 0.4) is 0 Å². The number of hydrogen-bond acceptors (Lipinski definition) is 2. The maximum Gasteiger partial charge on any atom is 0.307 e. The van der Waals surface area contributed by atoms with Crippen LogP contribution < -0.4 is 0 Å². The predicted molar refractivity (Wildman–Crippen MR) is 105 cm³/mol. The van der Waals surface area contributed by atoms with Gasteiger partial charge in [0.25, 0.3) is 0 Å². The van der Waals surface area contributed by atoms with E-state index in [2.05, 4.69) is 6.92 Å². The van der Waals surface area contributed by atoms with Crippen molar-refractivity contribution in [2.45, 2.75) is 110 Å². The Kier molecular flexibility index (Phi) is 12.4. The molecule has 0 aliphatic heterocycles. The molecule has 2 N–H and O–H groups in total. The molecule has 26 heavy (non-hydrogen) atoms. The molecule has 3 unspecified atom stereocenters. The number of unbranched alkanes of at least 4 members (excludes halogenated alkanes) is 11. The van der Waals surface area contributed by atoms with Gasteiger partial charge in [0.1, 0.15) is 0 Å². The molecule has 0 bridgehead atoms. The van der Waals surface area contributed by atoms with Crippen LogP contribution in [0.5, 0.6) is 0 Å². The van der Waals surface area contributed by atoms with Crippen LogP contribution in [0, 0.1) is 17.8 Å². The van der Waals surface area contributed by atoms with Gasteiger partial charge in [-0.15, -0.1) is 0 Å². The molecule has 1 rings (SSSR count). The summed E-state index contributed by atoms with van der Waals surface area (Å²) in [5, 5.41) is 18.0. The molecule has 0 radical (unpaired) electrons. The second-order valence-corrected chi connectivity index (χ2v) is 8.16. The monoisotopic (exact) mass is 368 g/mol. The van der Waals surface area contributed by atoms with Crippen LogP contribution in [0.2, 0.25) is 0 Å². The van der Waals surface area contributed by atoms with Crippen LogP contribution in [0.15, 0.2) is 0 Å². The van der Waals surface area contributed by atoms with Gasteiger partial charge in [0.15, 0.2) is 0 Å². The van der Waals surface area contributed by atoms with Crippen molar-refractivity contribution in [1.29, 1.82) is 0 Å². The summed E-state index contributed by atoms with van der Waals surface area (Å²) in [6.07, 6.45) is 18.4. The van der Waals surface area contributed by atoms with Crippen LogP contribution in [0.1, 0.15) is 110 Å². The Morgan fingerprint density at radius 1 is 0.654 bits per heavy atom. The molecule has 1 saturated carbocycles. The molecule has 1 aliphatic rings. The summed E-state index contributed by atoms with van der Waals surface area (Å²) in [6.45, 7) is 2.25. The molecule has 0 aromatic rings. The largest absolute Gasteiger partial charge is 0.481 e. The van der Waals surface area contributed by atoms with Gasteiger partial charge in [-0.1, -0.05) is 84.0 Å². The van der Waals surface area contributed by atoms with Gasteiger partial charge in [0.05, 0.1) is 5.92 Å². The van der Waals surface area contributed by atoms with Gasteiger partial charge in [0, 0.05) is 6.42 Å². The lowest BCUT2D eigenvalue weighted by Gasteiger charge is -2.03. The van der Waals surface area contributed by atoms with Gasteiger partial charge in [-0.3, -0.25) is 9.59 Å². The molecule has 0 spiro atoms. The first-order valence-corrected chi connectivity index (χ1v) is 11.0. The number of aliphatic carboxylic acids is 2. The van der Waals surface area contributed by atoms with Crippen LogP contribution in [-0.2, 0) is 9.59 Å². The van der Waals surface area contributed by atoms with Crippen molar-refractivity contribution in [1.82, 2.24) is 0 Å². The van der Waals surface area contributed by atoms with E-state index >= 15 is 0 Å². The molecule has 1 aliphatic carbocycles. The van der Waals surface area contributed by atoms with E-state index in [-0.39, 0.29) is 18.3 Å². The van der Waals surface area contributed by atoms with E-state index in [9.17, 15) is 14.7 Å². The number of hydrogen-bond donors (Lipinski definition) is 2. The molecule has 152 valence electrons. The third kappa shape index (κ3) is 10.2. The van der Waals surface area contributed by atoms with Crippen LogP contribution in [0.25, 0.3) is 0 Å². The second-order valence-electron chi connectivity index (χ2n) is 8.16. The SMILES string of the molecule is CCCCCCCCCCCCCCC1C(CCCC(=O)O)C1C(=O)O. The zero-order valence-electron chi connectivity index (χ0n) is 16.8. The Morgan fingerprint density at radius 2 is 1.08 bits per heavy atom. The van der Waals surface area contributed by atoms with E-state index in [0.717, 1.165) is 19.3 Å². The Balaban J connectivity index is 1.95. The highest BCUT2D eigenvalue weighted by molar-refractivity contribution is 5.74. The van der Waals surface area contributed by atoms with Gasteiger partial charge in [-0.25, -0.2) is 0 Å². The molecule has 4 nitrogen and oxygen atoms in total. The first kappa shape index (κ1) is 23.0. The highest BCUT2D eigenvalue weighted by Crippen LogP contribution is 2.52. The van der Waals surface area contributed by atoms with Crippen molar-refractivity contribution >= 4 is 11.9 Å². The van der Waals surface area contributed by atoms with Crippen molar-refractivity contribution in [2.24, 2.45) is 17.8 Å². The Labute approximate surface area is 159 Å². The summed E-state index contributed by atoms with van der Waals surface area (Å²) in [7, 11) is 0. The topological polar surface area (TPSA) is 74.6 Å². The van der Waals surface area contributed by atoms with Gasteiger partial charge in [0.2, 0.25) is 0 Å². The molecule has 0 heterocycles. The van der Waals surface area contributed by atoms with Crippen molar-refractivity contribution < 1.29 is 19.8 Å². The number of rotatable bonds is 18. The smallest absolute Gasteiger partial charge is 0.307 e. The molecule has 4 heteroatoms. The van der Waals surface area contributed by atoms with E-state index in [0.29, 0.717) is 12.3 Å². The Bertz CT molecular complexity index is 394. The van der Waals surface area contributed by atoms with Gasteiger partial charge in [-0.05, 0) is 31.1 Å². The third-order valence-corrected chi connectivity index (χ3v) is 5.94. The average Bonchev–Trinajstić information content (AvgIpc) is 3.28. The standard InChI is InChI=1S/C22H40O4/c1-2-3-4-5-6-7-8-9-10-11-12-13-15-18-19(21(18)22(25)26)16-14-17-20(23)24/h18-19,21H,2-17H2,1H3,(H,23,24)(H,25,26). The van der Waals surface area contributed by atoms with Crippen molar-refractivity contribution in [3.05, 3.63) is 0 Å². The zero-order chi connectivity index (χ0) is 19.2. The molecular weight excluding hydrogens is 328 g/mol. The van der Waals surface area contributed by atoms with E-state index in [1.807, 2.05) is 0 Å². The molecule has 0 saturated heterocycles. The van der Waals surface area contributed by atoms with Crippen LogP contribution in [-0.4, -0.2) is 22.2 Å². The van der Waals surface area contributed by atoms with Gasteiger partial charge in [-0.2, -0.15) is 0 Å². The summed E-state index contributed by atoms with van der Waals surface area (Å²) in [4.78, 5) is 21.9. The normalized spacial score (nSPS) is 21.7. The molecule has 0 aromatic heterocycles. The van der Waals surface area contributed by atoms with Crippen molar-refractivity contribution in [3.8, 4) is 0 Å². The number of carbonyl (C=O) groups is 2. The average molecular weight is 369 g/mol. The number of carboxylic acid groups (broad SMARTS) is 2. The fourth-order valence-electron chi connectivity index (χ4n) is 4.31. The third-order valence-electron chi connectivity index (χ3n) is 5.94. The second kappa shape index (κ2) is 14.1. The minimum absolute atomic E-state index is 0.161. The molecule has 3 atom stereocenters. The first-order chi connectivity index (χ1) is 12.6. The fourth-order valence-corrected chi connectivity index (χ4v) is 4.31. The maximum absolute atomic E-state index is 11.3. The van der Waals surface area contributed by atoms with E-state index in [4.69, 9.17) is 5.11 Å². The van der Waals surface area contributed by atoms with Gasteiger partial charge < -0.3 is 10.2 Å². The minimum Gasteiger partial charge on any atom is -0.481 e. The van der Waals surface area contributed by atoms with Crippen LogP contribution in [0.4, 0.5) is 0 Å². The predicted octanol–water partition coefficient (Wildman–Crippen LogP) is 6.28. The summed E-state index contributed by atoms with van der Waals surface area (Å²) in [6, 6.07) is 0. The van der Waals surface area contributed by atoms with E-state index in [1.165, 1.54) is 70.6 Å². The van der Waals surface area contributed by atoms with E-state index in [1.54, 1.807) is 0 Å². The molecule has 0 aromatic carbocycles. The Hall–Kier alpha value is -1.06. The fraction of sp³-hybridized carbons (Fsp3) is 0.909. The number of carboxylic acids is 2. The minimum atomic E-state index is -0.782. The maximum atomic E-state index is 11.3. The quantitative estimate of drug-likeness (QED) is 0.279. The molecular formula is C22H40O4. The summed E-state index contributed by atoms with van der Waals surface area (Å²) in [5.41, 5.74) is 0. The summed E-state index contributed by atoms with van der Waals surface area (Å²) >= 11 is 0. The summed E-state index contributed by atoms with van der Waals surface area (Å²) in [5.74, 6) is -1.16. The highest BCUT2D eigenvalue weighted by Gasteiger charge is 2.53. The summed E-state index contributed by atoms with van der Waals surface area (Å²) < 4.78 is 0. The molecule has 1 fully saturated rings. The lowest BCUT2D eigenvalue weighted by Crippen LogP contribution is -2.01. The zero-order valence-corrected chi connectivity index (χ0v) is 16.8. The Morgan fingerprint density at radius 3 is 1.50 bits per heavy atom.